The predicted molar refractivity (Wildman–Crippen MR) is 65.1 cm³/mol. The lowest BCUT2D eigenvalue weighted by Crippen LogP contribution is -2.07. The molecule has 86 valence electrons. The third-order valence-corrected chi connectivity index (χ3v) is 3.12. The molecule has 0 spiro atoms. The molecule has 1 saturated carbocycles. The number of para-hydroxylation sites is 1. The van der Waals surface area contributed by atoms with Crippen LogP contribution < -0.4 is 0 Å². The van der Waals surface area contributed by atoms with Gasteiger partial charge in [0.15, 0.2) is 0 Å². The summed E-state index contributed by atoms with van der Waals surface area (Å²) in [5.74, 6) is 0.152. The zero-order chi connectivity index (χ0) is 11.8. The van der Waals surface area contributed by atoms with Gasteiger partial charge in [0.25, 0.3) is 0 Å². The van der Waals surface area contributed by atoms with Crippen LogP contribution in [0.3, 0.4) is 0 Å². The highest BCUT2D eigenvalue weighted by Gasteiger charge is 2.30. The zero-order valence-corrected chi connectivity index (χ0v) is 9.64. The summed E-state index contributed by atoms with van der Waals surface area (Å²) in [5.41, 5.74) is 2.46. The first-order chi connectivity index (χ1) is 8.29. The van der Waals surface area contributed by atoms with E-state index in [-0.39, 0.29) is 5.97 Å². The molecule has 1 fully saturated rings. The Morgan fingerprint density at radius 1 is 1.35 bits per heavy atom. The number of pyridine rings is 1. The first-order valence-electron chi connectivity index (χ1n) is 5.77. The fraction of sp³-hybridized carbons (Fsp3) is 0.286. The Morgan fingerprint density at radius 3 is 2.82 bits per heavy atom. The molecule has 3 nitrogen and oxygen atoms in total. The van der Waals surface area contributed by atoms with Crippen molar-refractivity contribution in [2.24, 2.45) is 0 Å². The van der Waals surface area contributed by atoms with Crippen molar-refractivity contribution in [2.45, 2.75) is 18.8 Å². The number of carbonyl (C=O) groups is 1. The Balaban J connectivity index is 2.23. The van der Waals surface area contributed by atoms with Gasteiger partial charge >= 0.3 is 5.97 Å². The Labute approximate surface area is 99.4 Å². The van der Waals surface area contributed by atoms with E-state index < -0.39 is 0 Å². The van der Waals surface area contributed by atoms with Gasteiger partial charge in [-0.1, -0.05) is 18.2 Å². The van der Waals surface area contributed by atoms with Crippen LogP contribution >= 0.6 is 0 Å². The summed E-state index contributed by atoms with van der Waals surface area (Å²) >= 11 is 0. The second-order valence-corrected chi connectivity index (χ2v) is 4.38. The number of aromatic nitrogens is 1. The van der Waals surface area contributed by atoms with Crippen molar-refractivity contribution in [3.8, 4) is 0 Å². The van der Waals surface area contributed by atoms with E-state index in [0.717, 1.165) is 29.4 Å². The highest BCUT2D eigenvalue weighted by molar-refractivity contribution is 5.95. The number of hydrogen-bond acceptors (Lipinski definition) is 3. The fourth-order valence-electron chi connectivity index (χ4n) is 2.07. The highest BCUT2D eigenvalue weighted by Crippen LogP contribution is 2.41. The summed E-state index contributed by atoms with van der Waals surface area (Å²) in [6, 6.07) is 9.74. The third-order valence-electron chi connectivity index (χ3n) is 3.12. The van der Waals surface area contributed by atoms with Crippen molar-refractivity contribution in [3.05, 3.63) is 41.6 Å². The summed E-state index contributed by atoms with van der Waals surface area (Å²) in [6.45, 7) is 0. The predicted octanol–water partition coefficient (Wildman–Crippen LogP) is 2.90. The molecule has 0 aliphatic heterocycles. The Morgan fingerprint density at radius 2 is 2.12 bits per heavy atom. The molecule has 0 saturated heterocycles. The van der Waals surface area contributed by atoms with Gasteiger partial charge in [-0.25, -0.2) is 4.79 Å². The standard InChI is InChI=1S/C14H13NO2/c1-17-14(16)11-8-10-4-2-3-5-12(10)15-13(11)9-6-7-9/h2-5,8-9H,6-7H2,1H3. The van der Waals surface area contributed by atoms with Crippen LogP contribution in [0.1, 0.15) is 34.8 Å². The number of benzene rings is 1. The minimum absolute atomic E-state index is 0.287. The maximum Gasteiger partial charge on any atom is 0.339 e. The maximum atomic E-state index is 11.7. The molecule has 0 amide bonds. The lowest BCUT2D eigenvalue weighted by molar-refractivity contribution is 0.0599. The third kappa shape index (κ3) is 1.78. The van der Waals surface area contributed by atoms with Gasteiger partial charge in [-0.15, -0.1) is 0 Å². The van der Waals surface area contributed by atoms with Crippen LogP contribution in [0.2, 0.25) is 0 Å². The molecule has 2 aromatic rings. The summed E-state index contributed by atoms with van der Waals surface area (Å²) in [7, 11) is 1.41. The summed E-state index contributed by atoms with van der Waals surface area (Å²) in [5, 5.41) is 0.984. The van der Waals surface area contributed by atoms with Crippen LogP contribution in [0.4, 0.5) is 0 Å². The van der Waals surface area contributed by atoms with Gasteiger partial charge in [0.05, 0.1) is 23.9 Å². The van der Waals surface area contributed by atoms with E-state index in [0.29, 0.717) is 11.5 Å². The molecule has 1 aliphatic carbocycles. The van der Waals surface area contributed by atoms with Gasteiger partial charge in [0.2, 0.25) is 0 Å². The van der Waals surface area contributed by atoms with Crippen LogP contribution in [-0.2, 0) is 4.74 Å². The molecular weight excluding hydrogens is 214 g/mol. The summed E-state index contributed by atoms with van der Waals surface area (Å²) in [6.07, 6.45) is 2.24. The number of esters is 1. The molecule has 0 bridgehead atoms. The van der Waals surface area contributed by atoms with E-state index in [4.69, 9.17) is 4.74 Å². The van der Waals surface area contributed by atoms with Crippen molar-refractivity contribution in [1.82, 2.24) is 4.98 Å². The van der Waals surface area contributed by atoms with E-state index in [1.54, 1.807) is 0 Å². The lowest BCUT2D eigenvalue weighted by Gasteiger charge is -2.08. The fourth-order valence-corrected chi connectivity index (χ4v) is 2.07. The second kappa shape index (κ2) is 3.84. The van der Waals surface area contributed by atoms with Crippen molar-refractivity contribution in [2.75, 3.05) is 7.11 Å². The molecule has 0 radical (unpaired) electrons. The molecule has 3 heteroatoms. The Hall–Kier alpha value is -1.90. The second-order valence-electron chi connectivity index (χ2n) is 4.38. The van der Waals surface area contributed by atoms with E-state index >= 15 is 0 Å². The zero-order valence-electron chi connectivity index (χ0n) is 9.64. The molecule has 1 aromatic heterocycles. The van der Waals surface area contributed by atoms with Crippen molar-refractivity contribution >= 4 is 16.9 Å². The number of ether oxygens (including phenoxy) is 1. The van der Waals surface area contributed by atoms with Crippen LogP contribution in [0.15, 0.2) is 30.3 Å². The number of methoxy groups -OCH3 is 1. The van der Waals surface area contributed by atoms with Gasteiger partial charge in [-0.2, -0.15) is 0 Å². The molecule has 3 rings (SSSR count). The Kier molecular flexibility index (Phi) is 2.32. The monoisotopic (exact) mass is 227 g/mol. The minimum Gasteiger partial charge on any atom is -0.465 e. The van der Waals surface area contributed by atoms with Gasteiger partial charge in [0, 0.05) is 11.3 Å². The summed E-state index contributed by atoms with van der Waals surface area (Å²) in [4.78, 5) is 16.4. The average molecular weight is 227 g/mol. The minimum atomic E-state index is -0.287. The van der Waals surface area contributed by atoms with Crippen LogP contribution in [0, 0.1) is 0 Å². The van der Waals surface area contributed by atoms with Crippen LogP contribution in [0.25, 0.3) is 10.9 Å². The Bertz CT molecular complexity index is 588. The molecule has 1 aromatic carbocycles. The number of fused-ring (bicyclic) bond motifs is 1. The van der Waals surface area contributed by atoms with Crippen molar-refractivity contribution in [3.63, 3.8) is 0 Å². The van der Waals surface area contributed by atoms with Crippen molar-refractivity contribution < 1.29 is 9.53 Å². The molecular formula is C14H13NO2. The average Bonchev–Trinajstić information content (AvgIpc) is 3.20. The van der Waals surface area contributed by atoms with Gasteiger partial charge in [-0.3, -0.25) is 4.98 Å². The van der Waals surface area contributed by atoms with E-state index in [1.807, 2.05) is 30.3 Å². The van der Waals surface area contributed by atoms with E-state index in [1.165, 1.54) is 7.11 Å². The van der Waals surface area contributed by atoms with Crippen LogP contribution in [0.5, 0.6) is 0 Å². The lowest BCUT2D eigenvalue weighted by atomic mass is 10.1. The molecule has 1 aliphatic rings. The smallest absolute Gasteiger partial charge is 0.339 e. The van der Waals surface area contributed by atoms with Crippen LogP contribution in [-0.4, -0.2) is 18.1 Å². The normalized spacial score (nSPS) is 14.9. The highest BCUT2D eigenvalue weighted by atomic mass is 16.5. The number of hydrogen-bond donors (Lipinski definition) is 0. The largest absolute Gasteiger partial charge is 0.465 e. The van der Waals surface area contributed by atoms with E-state index in [9.17, 15) is 4.79 Å². The van der Waals surface area contributed by atoms with Gasteiger partial charge in [0.1, 0.15) is 0 Å². The number of carbonyl (C=O) groups excluding carboxylic acids is 1. The molecule has 0 unspecified atom stereocenters. The molecule has 1 heterocycles. The number of nitrogens with zero attached hydrogens (tertiary/aromatic N) is 1. The van der Waals surface area contributed by atoms with Crippen molar-refractivity contribution in [1.29, 1.82) is 0 Å². The number of rotatable bonds is 2. The first kappa shape index (κ1) is 10.3. The van der Waals surface area contributed by atoms with Gasteiger partial charge < -0.3 is 4.74 Å². The quantitative estimate of drug-likeness (QED) is 0.740. The molecule has 0 atom stereocenters. The molecule has 0 N–H and O–H groups in total. The SMILES string of the molecule is COC(=O)c1cc2ccccc2nc1C1CC1. The maximum absolute atomic E-state index is 11.7. The van der Waals surface area contributed by atoms with Gasteiger partial charge in [-0.05, 0) is 25.0 Å². The van der Waals surface area contributed by atoms with E-state index in [2.05, 4.69) is 4.98 Å². The topological polar surface area (TPSA) is 39.2 Å². The molecule has 17 heavy (non-hydrogen) atoms. The first-order valence-corrected chi connectivity index (χ1v) is 5.77. The summed E-state index contributed by atoms with van der Waals surface area (Å²) < 4.78 is 4.82.